The van der Waals surface area contributed by atoms with E-state index in [0.29, 0.717) is 34.3 Å². The number of carbonyl (C=O) groups excluding carboxylic acids is 3. The second kappa shape index (κ2) is 10.5. The van der Waals surface area contributed by atoms with Crippen molar-refractivity contribution in [2.24, 2.45) is 17.6 Å². The van der Waals surface area contributed by atoms with E-state index in [1.165, 1.54) is 0 Å². The Balaban J connectivity index is 1.26. The van der Waals surface area contributed by atoms with Crippen molar-refractivity contribution in [2.75, 3.05) is 16.8 Å². The third kappa shape index (κ3) is 5.48. The third-order valence-corrected chi connectivity index (χ3v) is 8.20. The molecule has 2 aromatic rings. The molecular formula is C29H37N5O3. The van der Waals surface area contributed by atoms with Crippen molar-refractivity contribution in [3.8, 4) is 0 Å². The summed E-state index contributed by atoms with van der Waals surface area (Å²) in [5.74, 6) is 1.16. The number of hydrogen-bond donors (Lipinski definition) is 3. The molecule has 0 bridgehead atoms. The van der Waals surface area contributed by atoms with E-state index in [-0.39, 0.29) is 29.7 Å². The van der Waals surface area contributed by atoms with Gasteiger partial charge in [-0.15, -0.1) is 0 Å². The Bertz CT molecular complexity index is 1180. The standard InChI is InChI=1S/C29H37N5O3/c1-3-17(2)32-24-14-20(8-10-23(24)28(30)36)29(37)33-22-13-19-5-4-12-34(25(19)15-22)26-11-9-21(16-31-26)27(35)18-6-7-18/h8-11,14,16-19,22,25,32H,3-7,12-13,15H2,1-2H3,(H2,30,36)(H,33,37)/t17-,19?,22?,25?/m1/s1. The summed E-state index contributed by atoms with van der Waals surface area (Å²) in [4.78, 5) is 44.5. The number of fused-ring (bicyclic) bond motifs is 1. The molecule has 37 heavy (non-hydrogen) atoms. The number of amides is 2. The number of anilines is 2. The van der Waals surface area contributed by atoms with Gasteiger partial charge in [0.25, 0.3) is 11.8 Å². The van der Waals surface area contributed by atoms with Gasteiger partial charge in [-0.25, -0.2) is 4.98 Å². The van der Waals surface area contributed by atoms with E-state index in [0.717, 1.165) is 57.3 Å². The van der Waals surface area contributed by atoms with Crippen molar-refractivity contribution in [2.45, 2.75) is 76.9 Å². The number of primary amides is 1. The highest BCUT2D eigenvalue weighted by Gasteiger charge is 2.41. The van der Waals surface area contributed by atoms with Crippen LogP contribution < -0.4 is 21.3 Å². The summed E-state index contributed by atoms with van der Waals surface area (Å²) in [6.07, 6.45) is 8.62. The van der Waals surface area contributed by atoms with Crippen LogP contribution in [0.25, 0.3) is 0 Å². The molecule has 2 heterocycles. The normalized spacial score (nSPS) is 23.7. The van der Waals surface area contributed by atoms with Crippen molar-refractivity contribution in [3.05, 3.63) is 53.2 Å². The van der Waals surface area contributed by atoms with E-state index >= 15 is 0 Å². The fourth-order valence-electron chi connectivity index (χ4n) is 5.83. The van der Waals surface area contributed by atoms with Gasteiger partial charge in [-0.1, -0.05) is 6.92 Å². The number of Topliss-reactive ketones (excluding diaryl/α,β-unsaturated/α-hetero) is 1. The highest BCUT2D eigenvalue weighted by atomic mass is 16.2. The van der Waals surface area contributed by atoms with Gasteiger partial charge in [-0.05, 0) is 88.1 Å². The van der Waals surface area contributed by atoms with Crippen molar-refractivity contribution in [3.63, 3.8) is 0 Å². The minimum absolute atomic E-state index is 0.0700. The number of rotatable bonds is 9. The molecule has 1 aliphatic heterocycles. The number of nitrogens with one attached hydrogen (secondary N) is 2. The molecule has 0 radical (unpaired) electrons. The zero-order chi connectivity index (χ0) is 26.1. The van der Waals surface area contributed by atoms with E-state index < -0.39 is 5.91 Å². The van der Waals surface area contributed by atoms with Crippen LogP contribution in [-0.2, 0) is 0 Å². The maximum atomic E-state index is 13.2. The van der Waals surface area contributed by atoms with Gasteiger partial charge in [0.2, 0.25) is 0 Å². The molecule has 4 atom stereocenters. The van der Waals surface area contributed by atoms with Crippen LogP contribution in [0, 0.1) is 11.8 Å². The fraction of sp³-hybridized carbons (Fsp3) is 0.517. The summed E-state index contributed by atoms with van der Waals surface area (Å²) in [6, 6.07) is 9.45. The Morgan fingerprint density at radius 3 is 2.57 bits per heavy atom. The van der Waals surface area contributed by atoms with Crippen LogP contribution in [0.1, 0.15) is 89.9 Å². The van der Waals surface area contributed by atoms with Gasteiger partial charge >= 0.3 is 0 Å². The molecule has 3 aliphatic rings. The largest absolute Gasteiger partial charge is 0.382 e. The van der Waals surface area contributed by atoms with Crippen LogP contribution in [0.3, 0.4) is 0 Å². The Hall–Kier alpha value is -3.42. The molecule has 8 heteroatoms. The molecule has 0 spiro atoms. The average molecular weight is 504 g/mol. The van der Waals surface area contributed by atoms with E-state index in [1.54, 1.807) is 24.4 Å². The average Bonchev–Trinajstić information content (AvgIpc) is 3.67. The lowest BCUT2D eigenvalue weighted by atomic mass is 9.92. The molecule has 2 aliphatic carbocycles. The molecule has 3 fully saturated rings. The van der Waals surface area contributed by atoms with Crippen molar-refractivity contribution < 1.29 is 14.4 Å². The number of ketones is 1. The molecule has 2 amide bonds. The van der Waals surface area contributed by atoms with Gasteiger partial charge in [0.15, 0.2) is 5.78 Å². The Labute approximate surface area is 218 Å². The SMILES string of the molecule is CC[C@@H](C)Nc1cc(C(=O)NC2CC3CCCN(c4ccc(C(=O)C5CC5)cn4)C3C2)ccc1C(N)=O. The number of nitrogens with zero attached hydrogens (tertiary/aromatic N) is 2. The lowest BCUT2D eigenvalue weighted by Crippen LogP contribution is -2.43. The maximum absolute atomic E-state index is 13.2. The van der Waals surface area contributed by atoms with E-state index in [1.807, 2.05) is 19.1 Å². The number of pyridine rings is 1. The first-order valence-electron chi connectivity index (χ1n) is 13.6. The summed E-state index contributed by atoms with van der Waals surface area (Å²) in [6.45, 7) is 5.01. The predicted octanol–water partition coefficient (Wildman–Crippen LogP) is 4.16. The molecule has 1 aromatic heterocycles. The molecule has 2 saturated carbocycles. The summed E-state index contributed by atoms with van der Waals surface area (Å²) in [5, 5.41) is 6.54. The van der Waals surface area contributed by atoms with Gasteiger partial charge in [-0.2, -0.15) is 0 Å². The van der Waals surface area contributed by atoms with Gasteiger partial charge in [-0.3, -0.25) is 14.4 Å². The first kappa shape index (κ1) is 25.2. The van der Waals surface area contributed by atoms with Crippen molar-refractivity contribution in [1.29, 1.82) is 0 Å². The Morgan fingerprint density at radius 1 is 1.11 bits per heavy atom. The number of piperidine rings is 1. The molecule has 4 N–H and O–H groups in total. The maximum Gasteiger partial charge on any atom is 0.251 e. The zero-order valence-corrected chi connectivity index (χ0v) is 21.7. The van der Waals surface area contributed by atoms with Gasteiger partial charge < -0.3 is 21.3 Å². The van der Waals surface area contributed by atoms with Crippen LogP contribution in [0.2, 0.25) is 0 Å². The summed E-state index contributed by atoms with van der Waals surface area (Å²) in [7, 11) is 0. The number of aromatic nitrogens is 1. The fourth-order valence-corrected chi connectivity index (χ4v) is 5.83. The van der Waals surface area contributed by atoms with E-state index in [4.69, 9.17) is 5.73 Å². The zero-order valence-electron chi connectivity index (χ0n) is 21.7. The van der Waals surface area contributed by atoms with Crippen LogP contribution in [0.4, 0.5) is 11.5 Å². The first-order valence-corrected chi connectivity index (χ1v) is 13.6. The van der Waals surface area contributed by atoms with Gasteiger partial charge in [0.1, 0.15) is 5.82 Å². The monoisotopic (exact) mass is 503 g/mol. The first-order chi connectivity index (χ1) is 17.8. The molecule has 8 nitrogen and oxygen atoms in total. The quantitative estimate of drug-likeness (QED) is 0.442. The van der Waals surface area contributed by atoms with Crippen molar-refractivity contribution >= 4 is 29.1 Å². The molecule has 1 saturated heterocycles. The third-order valence-electron chi connectivity index (χ3n) is 8.20. The summed E-state index contributed by atoms with van der Waals surface area (Å²) < 4.78 is 0. The summed E-state index contributed by atoms with van der Waals surface area (Å²) in [5.41, 5.74) is 7.75. The lowest BCUT2D eigenvalue weighted by Gasteiger charge is -2.38. The van der Waals surface area contributed by atoms with Crippen molar-refractivity contribution in [1.82, 2.24) is 10.3 Å². The number of hydrogen-bond acceptors (Lipinski definition) is 6. The number of carbonyl (C=O) groups is 3. The van der Waals surface area contributed by atoms with E-state index in [9.17, 15) is 14.4 Å². The smallest absolute Gasteiger partial charge is 0.251 e. The lowest BCUT2D eigenvalue weighted by molar-refractivity contribution is 0.0933. The summed E-state index contributed by atoms with van der Waals surface area (Å²) >= 11 is 0. The Morgan fingerprint density at radius 2 is 1.89 bits per heavy atom. The van der Waals surface area contributed by atoms with Gasteiger partial charge in [0, 0.05) is 53.6 Å². The number of nitrogens with two attached hydrogens (primary N) is 1. The van der Waals surface area contributed by atoms with Crippen LogP contribution in [-0.4, -0.2) is 47.3 Å². The predicted molar refractivity (Wildman–Crippen MR) is 144 cm³/mol. The number of benzene rings is 1. The second-order valence-corrected chi connectivity index (χ2v) is 10.9. The van der Waals surface area contributed by atoms with Crippen LogP contribution in [0.5, 0.6) is 0 Å². The van der Waals surface area contributed by atoms with Gasteiger partial charge in [0.05, 0.1) is 5.56 Å². The minimum Gasteiger partial charge on any atom is -0.382 e. The van der Waals surface area contributed by atoms with Crippen LogP contribution in [0.15, 0.2) is 36.5 Å². The molecular weight excluding hydrogens is 466 g/mol. The Kier molecular flexibility index (Phi) is 7.17. The molecule has 5 rings (SSSR count). The molecule has 196 valence electrons. The molecule has 1 aromatic carbocycles. The molecule has 3 unspecified atom stereocenters. The minimum atomic E-state index is -0.517. The highest BCUT2D eigenvalue weighted by molar-refractivity contribution is 6.02. The highest BCUT2D eigenvalue weighted by Crippen LogP contribution is 2.39. The van der Waals surface area contributed by atoms with E-state index in [2.05, 4.69) is 27.4 Å². The van der Waals surface area contributed by atoms with Crippen LogP contribution >= 0.6 is 0 Å². The topological polar surface area (TPSA) is 117 Å². The second-order valence-electron chi connectivity index (χ2n) is 10.9.